The van der Waals surface area contributed by atoms with Crippen molar-refractivity contribution in [1.82, 2.24) is 9.55 Å². The van der Waals surface area contributed by atoms with E-state index in [0.29, 0.717) is 31.0 Å². The van der Waals surface area contributed by atoms with Crippen LogP contribution in [-0.2, 0) is 0 Å². The number of hydrogen-bond donors (Lipinski definition) is 3. The second-order valence-electron chi connectivity index (χ2n) is 9.44. The van der Waals surface area contributed by atoms with Crippen molar-refractivity contribution in [2.45, 2.75) is 53.1 Å². The molecule has 1 saturated carbocycles. The van der Waals surface area contributed by atoms with Gasteiger partial charge in [-0.05, 0) is 61.3 Å². The lowest BCUT2D eigenvalue weighted by molar-refractivity contribution is -0.00472. The third-order valence-corrected chi connectivity index (χ3v) is 5.64. The number of ether oxygens (including phenoxy) is 1. The van der Waals surface area contributed by atoms with E-state index in [1.54, 1.807) is 24.3 Å². The van der Waals surface area contributed by atoms with Crippen LogP contribution in [-0.4, -0.2) is 45.2 Å². The molecule has 0 aliphatic heterocycles. The SMILES string of the molecule is CCOc1ccc(-n2c(O)c(C=NC[C@]3(C)C[C@@H](O)CC(C)(C)C3)c(=O)[nH]c2=O)cc1. The van der Waals surface area contributed by atoms with E-state index in [0.717, 1.165) is 17.4 Å². The van der Waals surface area contributed by atoms with Crippen molar-refractivity contribution in [2.75, 3.05) is 13.2 Å². The lowest BCUT2D eigenvalue weighted by Crippen LogP contribution is -2.40. The second kappa shape index (κ2) is 8.70. The molecule has 1 aliphatic rings. The number of nitrogens with zero attached hydrogens (tertiary/aromatic N) is 2. The summed E-state index contributed by atoms with van der Waals surface area (Å²) in [4.78, 5) is 31.3. The average molecular weight is 430 g/mol. The average Bonchev–Trinajstić information content (AvgIpc) is 2.64. The standard InChI is InChI=1S/C23H31N3O5/c1-5-31-17-8-6-15(7-9-17)26-20(29)18(19(28)25-21(26)30)12-24-14-23(4)11-16(27)10-22(2,3)13-23/h6-9,12,16,27,29H,5,10-11,13-14H2,1-4H3,(H,25,28,30)/t16-,23+/m0/s1. The molecular formula is C23H31N3O5. The van der Waals surface area contributed by atoms with E-state index in [4.69, 9.17) is 4.74 Å². The van der Waals surface area contributed by atoms with E-state index in [1.165, 1.54) is 6.21 Å². The minimum absolute atomic E-state index is 0.00241. The quantitative estimate of drug-likeness (QED) is 0.610. The molecule has 3 rings (SSSR count). The van der Waals surface area contributed by atoms with Crippen LogP contribution in [0.15, 0.2) is 38.8 Å². The maximum absolute atomic E-state index is 12.3. The molecule has 2 atom stereocenters. The predicted molar refractivity (Wildman–Crippen MR) is 120 cm³/mol. The summed E-state index contributed by atoms with van der Waals surface area (Å²) in [6.07, 6.45) is 3.18. The summed E-state index contributed by atoms with van der Waals surface area (Å²) in [6, 6.07) is 6.61. The Bertz CT molecular complexity index is 1070. The van der Waals surface area contributed by atoms with E-state index in [9.17, 15) is 19.8 Å². The van der Waals surface area contributed by atoms with Crippen LogP contribution in [0.4, 0.5) is 0 Å². The lowest BCUT2D eigenvalue weighted by atomic mass is 9.63. The Morgan fingerprint density at radius 3 is 2.52 bits per heavy atom. The van der Waals surface area contributed by atoms with E-state index < -0.39 is 17.1 Å². The minimum Gasteiger partial charge on any atom is -0.494 e. The number of aromatic amines is 1. The first-order chi connectivity index (χ1) is 14.5. The highest BCUT2D eigenvalue weighted by molar-refractivity contribution is 5.82. The summed E-state index contributed by atoms with van der Waals surface area (Å²) in [6.45, 7) is 9.10. The Labute approximate surface area is 181 Å². The molecule has 168 valence electrons. The minimum atomic E-state index is -0.743. The van der Waals surface area contributed by atoms with Crippen LogP contribution in [0.5, 0.6) is 11.6 Å². The maximum atomic E-state index is 12.3. The highest BCUT2D eigenvalue weighted by Gasteiger charge is 2.40. The smallest absolute Gasteiger partial charge is 0.335 e. The van der Waals surface area contributed by atoms with Crippen molar-refractivity contribution >= 4 is 6.21 Å². The normalized spacial score (nSPS) is 23.2. The second-order valence-corrected chi connectivity index (χ2v) is 9.44. The van der Waals surface area contributed by atoms with Gasteiger partial charge in [0, 0.05) is 12.8 Å². The Morgan fingerprint density at radius 2 is 1.90 bits per heavy atom. The largest absolute Gasteiger partial charge is 0.494 e. The summed E-state index contributed by atoms with van der Waals surface area (Å²) < 4.78 is 6.42. The predicted octanol–water partition coefficient (Wildman–Crippen LogP) is 2.63. The summed E-state index contributed by atoms with van der Waals surface area (Å²) in [5.74, 6) is 0.159. The fraction of sp³-hybridized carbons (Fsp3) is 0.522. The molecule has 0 unspecified atom stereocenters. The molecule has 31 heavy (non-hydrogen) atoms. The number of aliphatic hydroxyl groups excluding tert-OH is 1. The summed E-state index contributed by atoms with van der Waals surface area (Å²) in [7, 11) is 0. The van der Waals surface area contributed by atoms with Crippen molar-refractivity contribution in [1.29, 1.82) is 0 Å². The Morgan fingerprint density at radius 1 is 1.23 bits per heavy atom. The first-order valence-electron chi connectivity index (χ1n) is 10.5. The van der Waals surface area contributed by atoms with Crippen LogP contribution in [0.3, 0.4) is 0 Å². The molecule has 0 radical (unpaired) electrons. The van der Waals surface area contributed by atoms with Gasteiger partial charge in [0.2, 0.25) is 5.88 Å². The van der Waals surface area contributed by atoms with E-state index >= 15 is 0 Å². The number of aromatic nitrogens is 2. The van der Waals surface area contributed by atoms with Crippen molar-refractivity contribution in [3.63, 3.8) is 0 Å². The van der Waals surface area contributed by atoms with Gasteiger partial charge in [-0.3, -0.25) is 14.8 Å². The van der Waals surface area contributed by atoms with E-state index in [-0.39, 0.29) is 22.5 Å². The molecule has 0 saturated heterocycles. The molecule has 1 aliphatic carbocycles. The van der Waals surface area contributed by atoms with Gasteiger partial charge in [-0.15, -0.1) is 0 Å². The van der Waals surface area contributed by atoms with Crippen LogP contribution >= 0.6 is 0 Å². The van der Waals surface area contributed by atoms with Crippen LogP contribution in [0.25, 0.3) is 5.69 Å². The fourth-order valence-corrected chi connectivity index (χ4v) is 4.81. The van der Waals surface area contributed by atoms with Crippen molar-refractivity contribution in [2.24, 2.45) is 15.8 Å². The van der Waals surface area contributed by atoms with Gasteiger partial charge in [-0.1, -0.05) is 20.8 Å². The number of aliphatic hydroxyl groups is 1. The monoisotopic (exact) mass is 429 g/mol. The number of rotatable bonds is 6. The molecule has 1 heterocycles. The van der Waals surface area contributed by atoms with Gasteiger partial charge in [0.05, 0.1) is 18.4 Å². The van der Waals surface area contributed by atoms with E-state index in [1.807, 2.05) is 6.92 Å². The Kier molecular flexibility index (Phi) is 6.40. The number of H-pyrrole nitrogens is 1. The molecule has 8 heteroatoms. The van der Waals surface area contributed by atoms with Gasteiger partial charge in [-0.2, -0.15) is 0 Å². The van der Waals surface area contributed by atoms with Crippen molar-refractivity contribution in [3.8, 4) is 17.3 Å². The van der Waals surface area contributed by atoms with Gasteiger partial charge >= 0.3 is 5.69 Å². The summed E-state index contributed by atoms with van der Waals surface area (Å²) in [5, 5.41) is 20.9. The van der Waals surface area contributed by atoms with Gasteiger partial charge in [0.1, 0.15) is 11.3 Å². The first-order valence-corrected chi connectivity index (χ1v) is 10.5. The first kappa shape index (κ1) is 22.8. The number of benzene rings is 1. The summed E-state index contributed by atoms with van der Waals surface area (Å²) >= 11 is 0. The molecule has 0 spiro atoms. The highest BCUT2D eigenvalue weighted by Crippen LogP contribution is 2.46. The molecule has 1 aromatic heterocycles. The molecule has 0 bridgehead atoms. The third-order valence-electron chi connectivity index (χ3n) is 5.64. The molecule has 2 aromatic rings. The third kappa shape index (κ3) is 5.25. The Balaban J connectivity index is 1.89. The molecular weight excluding hydrogens is 398 g/mol. The lowest BCUT2D eigenvalue weighted by Gasteiger charge is -2.44. The van der Waals surface area contributed by atoms with Gasteiger partial charge < -0.3 is 14.9 Å². The van der Waals surface area contributed by atoms with Gasteiger partial charge in [-0.25, -0.2) is 9.36 Å². The highest BCUT2D eigenvalue weighted by atomic mass is 16.5. The molecule has 1 aromatic carbocycles. The Hall–Kier alpha value is -2.87. The van der Waals surface area contributed by atoms with Crippen molar-refractivity contribution < 1.29 is 14.9 Å². The molecule has 8 nitrogen and oxygen atoms in total. The van der Waals surface area contributed by atoms with Crippen LogP contribution < -0.4 is 16.0 Å². The molecule has 1 fully saturated rings. The zero-order valence-electron chi connectivity index (χ0n) is 18.5. The number of aromatic hydroxyl groups is 1. The zero-order chi connectivity index (χ0) is 22.8. The number of hydrogen-bond acceptors (Lipinski definition) is 6. The topological polar surface area (TPSA) is 117 Å². The molecule has 3 N–H and O–H groups in total. The van der Waals surface area contributed by atoms with Crippen LogP contribution in [0.1, 0.15) is 52.5 Å². The van der Waals surface area contributed by atoms with Gasteiger partial charge in [0.15, 0.2) is 0 Å². The van der Waals surface area contributed by atoms with E-state index in [2.05, 4.69) is 30.7 Å². The van der Waals surface area contributed by atoms with Crippen LogP contribution in [0, 0.1) is 10.8 Å². The molecule has 0 amide bonds. The zero-order valence-corrected chi connectivity index (χ0v) is 18.5. The van der Waals surface area contributed by atoms with Gasteiger partial charge in [0.25, 0.3) is 5.56 Å². The van der Waals surface area contributed by atoms with Crippen LogP contribution in [0.2, 0.25) is 0 Å². The number of nitrogens with one attached hydrogen (secondary N) is 1. The number of aliphatic imine (C=N–C) groups is 1. The van der Waals surface area contributed by atoms with Crippen molar-refractivity contribution in [3.05, 3.63) is 50.7 Å². The summed E-state index contributed by atoms with van der Waals surface area (Å²) in [5.41, 5.74) is -1.37. The maximum Gasteiger partial charge on any atom is 0.335 e. The fourth-order valence-electron chi connectivity index (χ4n) is 4.81.